The lowest BCUT2D eigenvalue weighted by Crippen LogP contribution is -2.62. The van der Waals surface area contributed by atoms with Crippen LogP contribution in [0.4, 0.5) is 4.79 Å². The number of hydrogen-bond donors (Lipinski definition) is 0. The Balaban J connectivity index is 1.50. The molecule has 0 saturated carbocycles. The predicted octanol–water partition coefficient (Wildman–Crippen LogP) is 1.62. The molecule has 1 atom stereocenters. The third-order valence-corrected chi connectivity index (χ3v) is 5.88. The van der Waals surface area contributed by atoms with Gasteiger partial charge in [-0.15, -0.1) is 0 Å². The minimum atomic E-state index is -0.742. The molecule has 7 nitrogen and oxygen atoms in total. The van der Waals surface area contributed by atoms with Gasteiger partial charge in [0.15, 0.2) is 0 Å². The summed E-state index contributed by atoms with van der Waals surface area (Å²) in [5, 5.41) is 0. The first-order chi connectivity index (χ1) is 13.1. The van der Waals surface area contributed by atoms with Gasteiger partial charge in [-0.25, -0.2) is 4.79 Å². The van der Waals surface area contributed by atoms with Crippen molar-refractivity contribution >= 4 is 17.9 Å². The van der Waals surface area contributed by atoms with Gasteiger partial charge in [-0.05, 0) is 31.2 Å². The van der Waals surface area contributed by atoms with Gasteiger partial charge in [-0.1, -0.05) is 30.3 Å². The Labute approximate surface area is 158 Å². The van der Waals surface area contributed by atoms with Gasteiger partial charge in [0, 0.05) is 19.6 Å². The van der Waals surface area contributed by atoms with E-state index in [2.05, 4.69) is 0 Å². The van der Waals surface area contributed by atoms with Crippen LogP contribution in [0.5, 0.6) is 0 Å². The Morgan fingerprint density at radius 3 is 2.44 bits per heavy atom. The van der Waals surface area contributed by atoms with Gasteiger partial charge in [0.1, 0.15) is 18.7 Å². The number of likely N-dealkylation sites (tertiary alicyclic amines) is 2. The van der Waals surface area contributed by atoms with Crippen molar-refractivity contribution in [2.75, 3.05) is 32.8 Å². The molecule has 0 radical (unpaired) electrons. The third-order valence-electron chi connectivity index (χ3n) is 5.88. The van der Waals surface area contributed by atoms with Crippen molar-refractivity contribution < 1.29 is 19.1 Å². The van der Waals surface area contributed by atoms with Gasteiger partial charge in [0.05, 0.1) is 6.54 Å². The van der Waals surface area contributed by atoms with E-state index in [4.69, 9.17) is 4.74 Å². The summed E-state index contributed by atoms with van der Waals surface area (Å²) >= 11 is 0. The van der Waals surface area contributed by atoms with E-state index >= 15 is 0 Å². The number of amides is 3. The fourth-order valence-corrected chi connectivity index (χ4v) is 4.56. The zero-order valence-corrected chi connectivity index (χ0v) is 15.4. The van der Waals surface area contributed by atoms with Crippen molar-refractivity contribution in [3.05, 3.63) is 35.9 Å². The summed E-state index contributed by atoms with van der Waals surface area (Å²) in [5.74, 6) is -0.103. The van der Waals surface area contributed by atoms with Crippen LogP contribution in [-0.2, 0) is 20.9 Å². The van der Waals surface area contributed by atoms with Crippen molar-refractivity contribution in [3.8, 4) is 0 Å². The Hall–Kier alpha value is -2.57. The molecule has 144 valence electrons. The molecule has 3 aliphatic heterocycles. The monoisotopic (exact) mass is 371 g/mol. The standard InChI is InChI=1S/C20H25N3O4/c24-17(15-22-12-13-27-19(22)26)23-11-5-9-20(23)8-4-10-21(18(20)25)14-16-6-2-1-3-7-16/h1-3,6-7H,4-5,8-15H2. The molecule has 3 saturated heterocycles. The van der Waals surface area contributed by atoms with Crippen molar-refractivity contribution in [3.63, 3.8) is 0 Å². The largest absolute Gasteiger partial charge is 0.448 e. The first kappa shape index (κ1) is 17.8. The van der Waals surface area contributed by atoms with Gasteiger partial charge in [-0.2, -0.15) is 0 Å². The van der Waals surface area contributed by atoms with Crippen LogP contribution in [0.3, 0.4) is 0 Å². The van der Waals surface area contributed by atoms with Crippen molar-refractivity contribution in [2.24, 2.45) is 0 Å². The second-order valence-electron chi connectivity index (χ2n) is 7.53. The first-order valence-corrected chi connectivity index (χ1v) is 9.66. The summed E-state index contributed by atoms with van der Waals surface area (Å²) in [7, 11) is 0. The van der Waals surface area contributed by atoms with Crippen LogP contribution in [0.15, 0.2) is 30.3 Å². The molecule has 1 aromatic carbocycles. The maximum absolute atomic E-state index is 13.4. The highest BCUT2D eigenvalue weighted by atomic mass is 16.6. The molecule has 3 fully saturated rings. The smallest absolute Gasteiger partial charge is 0.410 e. The van der Waals surface area contributed by atoms with Crippen LogP contribution in [-0.4, -0.2) is 70.9 Å². The number of piperidine rings is 1. The minimum Gasteiger partial charge on any atom is -0.448 e. The zero-order chi connectivity index (χ0) is 18.9. The van der Waals surface area contributed by atoms with Crippen LogP contribution >= 0.6 is 0 Å². The lowest BCUT2D eigenvalue weighted by Gasteiger charge is -2.44. The summed E-state index contributed by atoms with van der Waals surface area (Å²) in [6.45, 7) is 2.61. The lowest BCUT2D eigenvalue weighted by atomic mass is 9.85. The SMILES string of the molecule is O=C1OCCN1CC(=O)N1CCCC12CCCN(Cc1ccccc1)C2=O. The van der Waals surface area contributed by atoms with E-state index in [1.54, 1.807) is 4.90 Å². The van der Waals surface area contributed by atoms with Crippen LogP contribution in [0.25, 0.3) is 0 Å². The summed E-state index contributed by atoms with van der Waals surface area (Å²) in [4.78, 5) is 43.0. The fraction of sp³-hybridized carbons (Fsp3) is 0.550. The van der Waals surface area contributed by atoms with Crippen LogP contribution in [0.2, 0.25) is 0 Å². The molecule has 3 heterocycles. The normalized spacial score (nSPS) is 25.4. The summed E-state index contributed by atoms with van der Waals surface area (Å²) in [6, 6.07) is 9.94. The first-order valence-electron chi connectivity index (χ1n) is 9.66. The highest BCUT2D eigenvalue weighted by molar-refractivity contribution is 5.94. The fourth-order valence-electron chi connectivity index (χ4n) is 4.56. The molecule has 3 aliphatic rings. The maximum Gasteiger partial charge on any atom is 0.410 e. The number of carbonyl (C=O) groups excluding carboxylic acids is 3. The second-order valence-corrected chi connectivity index (χ2v) is 7.53. The van der Waals surface area contributed by atoms with E-state index in [-0.39, 0.29) is 18.4 Å². The van der Waals surface area contributed by atoms with E-state index in [1.165, 1.54) is 4.90 Å². The van der Waals surface area contributed by atoms with Gasteiger partial charge in [-0.3, -0.25) is 14.5 Å². The Kier molecular flexibility index (Phi) is 4.76. The van der Waals surface area contributed by atoms with E-state index < -0.39 is 11.6 Å². The topological polar surface area (TPSA) is 70.2 Å². The van der Waals surface area contributed by atoms with Gasteiger partial charge in [0.25, 0.3) is 0 Å². The molecular weight excluding hydrogens is 346 g/mol. The molecule has 7 heteroatoms. The molecule has 1 unspecified atom stereocenters. The Morgan fingerprint density at radius 1 is 1.00 bits per heavy atom. The molecule has 0 aliphatic carbocycles. The van der Waals surface area contributed by atoms with Gasteiger partial charge >= 0.3 is 6.09 Å². The van der Waals surface area contributed by atoms with E-state index in [1.807, 2.05) is 35.2 Å². The van der Waals surface area contributed by atoms with Crippen LogP contribution in [0, 0.1) is 0 Å². The van der Waals surface area contributed by atoms with E-state index in [0.29, 0.717) is 39.1 Å². The highest BCUT2D eigenvalue weighted by Gasteiger charge is 2.52. The Bertz CT molecular complexity index is 738. The quantitative estimate of drug-likeness (QED) is 0.807. The van der Waals surface area contributed by atoms with Gasteiger partial charge < -0.3 is 14.5 Å². The highest BCUT2D eigenvalue weighted by Crippen LogP contribution is 2.38. The van der Waals surface area contributed by atoms with Crippen molar-refractivity contribution in [1.29, 1.82) is 0 Å². The summed E-state index contributed by atoms with van der Waals surface area (Å²) in [5.41, 5.74) is 0.354. The molecule has 4 rings (SSSR count). The van der Waals surface area contributed by atoms with Crippen LogP contribution < -0.4 is 0 Å². The predicted molar refractivity (Wildman–Crippen MR) is 97.7 cm³/mol. The number of benzene rings is 1. The van der Waals surface area contributed by atoms with Crippen LogP contribution in [0.1, 0.15) is 31.2 Å². The second kappa shape index (κ2) is 7.21. The number of hydrogen-bond acceptors (Lipinski definition) is 4. The number of rotatable bonds is 4. The summed E-state index contributed by atoms with van der Waals surface area (Å²) in [6.07, 6.45) is 2.66. The molecule has 0 aromatic heterocycles. The summed E-state index contributed by atoms with van der Waals surface area (Å²) < 4.78 is 4.91. The average Bonchev–Trinajstić information content (AvgIpc) is 3.27. The molecule has 1 spiro atoms. The van der Waals surface area contributed by atoms with E-state index in [0.717, 1.165) is 24.9 Å². The Morgan fingerprint density at radius 2 is 1.74 bits per heavy atom. The number of cyclic esters (lactones) is 1. The zero-order valence-electron chi connectivity index (χ0n) is 15.4. The lowest BCUT2D eigenvalue weighted by molar-refractivity contribution is -0.156. The molecular formula is C20H25N3O4. The minimum absolute atomic E-state index is 0.00739. The van der Waals surface area contributed by atoms with E-state index in [9.17, 15) is 14.4 Å². The molecule has 27 heavy (non-hydrogen) atoms. The maximum atomic E-state index is 13.4. The molecule has 0 bridgehead atoms. The van der Waals surface area contributed by atoms with Crippen molar-refractivity contribution in [1.82, 2.24) is 14.7 Å². The molecule has 0 N–H and O–H groups in total. The molecule has 1 aromatic rings. The average molecular weight is 371 g/mol. The molecule has 3 amide bonds. The number of carbonyl (C=O) groups is 3. The van der Waals surface area contributed by atoms with Gasteiger partial charge in [0.2, 0.25) is 11.8 Å². The number of nitrogens with zero attached hydrogens (tertiary/aromatic N) is 3. The third kappa shape index (κ3) is 3.26. The van der Waals surface area contributed by atoms with Crippen molar-refractivity contribution in [2.45, 2.75) is 37.8 Å². The number of ether oxygens (including phenoxy) is 1.